The van der Waals surface area contributed by atoms with Gasteiger partial charge in [-0.25, -0.2) is 9.97 Å². The van der Waals surface area contributed by atoms with Crippen molar-refractivity contribution in [3.63, 3.8) is 0 Å². The van der Waals surface area contributed by atoms with Crippen molar-refractivity contribution in [2.45, 2.75) is 19.8 Å². The Hall–Kier alpha value is -2.64. The predicted octanol–water partition coefficient (Wildman–Crippen LogP) is 1.29. The largest absolute Gasteiger partial charge is 0.364 e. The topological polar surface area (TPSA) is 102 Å². The minimum absolute atomic E-state index is 0.127. The van der Waals surface area contributed by atoms with Crippen LogP contribution in [0.5, 0.6) is 0 Å². The molecule has 3 rings (SSSR count). The molecule has 1 aliphatic heterocycles. The summed E-state index contributed by atoms with van der Waals surface area (Å²) in [6.07, 6.45) is 7.42. The number of carbonyl (C=O) groups excluding carboxylic acids is 1. The van der Waals surface area contributed by atoms with E-state index in [1.165, 1.54) is 6.42 Å². The minimum Gasteiger partial charge on any atom is -0.364 e. The third kappa shape index (κ3) is 3.41. The predicted molar refractivity (Wildman–Crippen MR) is 87.7 cm³/mol. The maximum absolute atomic E-state index is 11.6. The van der Waals surface area contributed by atoms with E-state index in [1.54, 1.807) is 23.3 Å². The summed E-state index contributed by atoms with van der Waals surface area (Å²) in [4.78, 5) is 22.6. The van der Waals surface area contributed by atoms with Crippen molar-refractivity contribution in [3.8, 4) is 0 Å². The van der Waals surface area contributed by atoms with Gasteiger partial charge in [0.1, 0.15) is 5.82 Å². The number of piperidine rings is 1. The molecule has 23 heavy (non-hydrogen) atoms. The Bertz CT molecular complexity index is 712. The first-order chi connectivity index (χ1) is 11.0. The second kappa shape index (κ2) is 6.23. The van der Waals surface area contributed by atoms with Crippen molar-refractivity contribution in [2.75, 3.05) is 23.3 Å². The van der Waals surface area contributed by atoms with Gasteiger partial charge in [0.05, 0.1) is 18.1 Å². The first-order valence-corrected chi connectivity index (χ1v) is 7.70. The van der Waals surface area contributed by atoms with E-state index in [0.29, 0.717) is 11.7 Å². The van der Waals surface area contributed by atoms with Crippen LogP contribution in [0.3, 0.4) is 0 Å². The fraction of sp³-hybridized carbons (Fsp3) is 0.467. The number of nitrogens with one attached hydrogen (secondary N) is 1. The van der Waals surface area contributed by atoms with E-state index < -0.39 is 5.91 Å². The van der Waals surface area contributed by atoms with Gasteiger partial charge in [-0.15, -0.1) is 0 Å². The lowest BCUT2D eigenvalue weighted by Crippen LogP contribution is -2.35. The van der Waals surface area contributed by atoms with Crippen molar-refractivity contribution in [2.24, 2.45) is 18.7 Å². The number of aryl methyl sites for hydroxylation is 1. The van der Waals surface area contributed by atoms with Crippen molar-refractivity contribution in [3.05, 3.63) is 24.3 Å². The SMILES string of the molecule is C[C@@H]1CCCN(c2cnc(C(N)=O)c(Nc3cnn(C)c3)n2)C1. The summed E-state index contributed by atoms with van der Waals surface area (Å²) in [6, 6.07) is 0. The normalized spacial score (nSPS) is 18.0. The maximum atomic E-state index is 11.6. The number of hydrogen-bond donors (Lipinski definition) is 2. The highest BCUT2D eigenvalue weighted by atomic mass is 16.1. The summed E-state index contributed by atoms with van der Waals surface area (Å²) in [5.41, 5.74) is 6.27. The summed E-state index contributed by atoms with van der Waals surface area (Å²) in [6.45, 7) is 4.12. The average Bonchev–Trinajstić information content (AvgIpc) is 2.92. The Morgan fingerprint density at radius 3 is 2.91 bits per heavy atom. The average molecular weight is 315 g/mol. The molecule has 1 fully saturated rings. The third-order valence-electron chi connectivity index (χ3n) is 3.94. The van der Waals surface area contributed by atoms with Gasteiger partial charge in [0.2, 0.25) is 0 Å². The van der Waals surface area contributed by atoms with Gasteiger partial charge in [-0.2, -0.15) is 5.10 Å². The Balaban J connectivity index is 1.91. The van der Waals surface area contributed by atoms with Crippen molar-refractivity contribution < 1.29 is 4.79 Å². The third-order valence-corrected chi connectivity index (χ3v) is 3.94. The molecule has 0 aliphatic carbocycles. The Morgan fingerprint density at radius 1 is 1.43 bits per heavy atom. The molecular formula is C15H21N7O. The van der Waals surface area contributed by atoms with Crippen LogP contribution in [-0.2, 0) is 7.05 Å². The van der Waals surface area contributed by atoms with Gasteiger partial charge < -0.3 is 16.0 Å². The Morgan fingerprint density at radius 2 is 2.26 bits per heavy atom. The monoisotopic (exact) mass is 315 g/mol. The number of carbonyl (C=O) groups is 1. The summed E-state index contributed by atoms with van der Waals surface area (Å²) < 4.78 is 1.66. The molecule has 8 heteroatoms. The molecule has 8 nitrogen and oxygen atoms in total. The number of nitrogens with zero attached hydrogens (tertiary/aromatic N) is 5. The van der Waals surface area contributed by atoms with E-state index in [9.17, 15) is 4.79 Å². The van der Waals surface area contributed by atoms with E-state index in [-0.39, 0.29) is 5.69 Å². The van der Waals surface area contributed by atoms with Crippen LogP contribution in [0.4, 0.5) is 17.3 Å². The molecule has 1 saturated heterocycles. The number of amides is 1. The highest BCUT2D eigenvalue weighted by Crippen LogP contribution is 2.24. The molecule has 1 aliphatic rings. The zero-order valence-corrected chi connectivity index (χ0v) is 13.4. The number of aromatic nitrogens is 4. The minimum atomic E-state index is -0.609. The molecule has 0 bridgehead atoms. The van der Waals surface area contributed by atoms with Crippen LogP contribution in [0.2, 0.25) is 0 Å². The summed E-state index contributed by atoms with van der Waals surface area (Å²) >= 11 is 0. The van der Waals surface area contributed by atoms with Gasteiger partial charge in [0, 0.05) is 26.3 Å². The van der Waals surface area contributed by atoms with Gasteiger partial charge in [-0.3, -0.25) is 9.48 Å². The molecule has 0 radical (unpaired) electrons. The fourth-order valence-corrected chi connectivity index (χ4v) is 2.82. The number of nitrogens with two attached hydrogens (primary N) is 1. The number of hydrogen-bond acceptors (Lipinski definition) is 6. The second-order valence-electron chi connectivity index (χ2n) is 6.01. The van der Waals surface area contributed by atoms with Crippen LogP contribution in [0, 0.1) is 5.92 Å². The van der Waals surface area contributed by atoms with E-state index in [4.69, 9.17) is 5.73 Å². The molecule has 122 valence electrons. The molecule has 0 unspecified atom stereocenters. The zero-order valence-electron chi connectivity index (χ0n) is 13.4. The van der Waals surface area contributed by atoms with E-state index in [1.807, 2.05) is 7.05 Å². The first kappa shape index (κ1) is 15.3. The van der Waals surface area contributed by atoms with Crippen molar-refractivity contribution >= 4 is 23.2 Å². The highest BCUT2D eigenvalue weighted by molar-refractivity contribution is 5.96. The molecule has 0 spiro atoms. The zero-order chi connectivity index (χ0) is 16.4. The fourth-order valence-electron chi connectivity index (χ4n) is 2.82. The lowest BCUT2D eigenvalue weighted by molar-refractivity contribution is 0.0996. The molecule has 0 saturated carbocycles. The highest BCUT2D eigenvalue weighted by Gasteiger charge is 2.20. The smallest absolute Gasteiger partial charge is 0.271 e. The maximum Gasteiger partial charge on any atom is 0.271 e. The lowest BCUT2D eigenvalue weighted by Gasteiger charge is -2.31. The van der Waals surface area contributed by atoms with Crippen LogP contribution in [0.25, 0.3) is 0 Å². The molecule has 3 heterocycles. The van der Waals surface area contributed by atoms with Gasteiger partial charge in [-0.05, 0) is 18.8 Å². The van der Waals surface area contributed by atoms with Gasteiger partial charge in [0.15, 0.2) is 11.5 Å². The lowest BCUT2D eigenvalue weighted by atomic mass is 10.0. The summed E-state index contributed by atoms with van der Waals surface area (Å²) in [5.74, 6) is 1.13. The Kier molecular flexibility index (Phi) is 4.14. The van der Waals surface area contributed by atoms with E-state index >= 15 is 0 Å². The molecule has 1 atom stereocenters. The van der Waals surface area contributed by atoms with Crippen LogP contribution in [0.15, 0.2) is 18.6 Å². The van der Waals surface area contributed by atoms with Gasteiger partial charge in [0.25, 0.3) is 5.91 Å². The molecule has 2 aromatic rings. The first-order valence-electron chi connectivity index (χ1n) is 7.70. The summed E-state index contributed by atoms with van der Waals surface area (Å²) in [5, 5.41) is 7.17. The van der Waals surface area contributed by atoms with Crippen molar-refractivity contribution in [1.82, 2.24) is 19.7 Å². The van der Waals surface area contributed by atoms with E-state index in [0.717, 1.165) is 31.0 Å². The van der Waals surface area contributed by atoms with Crippen LogP contribution >= 0.6 is 0 Å². The molecule has 2 aromatic heterocycles. The van der Waals surface area contributed by atoms with Crippen LogP contribution in [-0.4, -0.2) is 38.7 Å². The molecular weight excluding hydrogens is 294 g/mol. The number of rotatable bonds is 4. The van der Waals surface area contributed by atoms with Gasteiger partial charge in [-0.1, -0.05) is 6.92 Å². The summed E-state index contributed by atoms with van der Waals surface area (Å²) in [7, 11) is 1.82. The standard InChI is InChI=1S/C15H21N7O/c1-10-4-3-5-22(8-10)12-7-17-13(14(16)23)15(20-12)19-11-6-18-21(2)9-11/h6-7,9-10H,3-5,8H2,1-2H3,(H2,16,23)(H,19,20)/t10-/m1/s1. The molecule has 3 N–H and O–H groups in total. The van der Waals surface area contributed by atoms with Gasteiger partial charge >= 0.3 is 0 Å². The number of primary amides is 1. The number of anilines is 3. The second-order valence-corrected chi connectivity index (χ2v) is 6.01. The Labute approximate surface area is 134 Å². The van der Waals surface area contributed by atoms with Crippen molar-refractivity contribution in [1.29, 1.82) is 0 Å². The van der Waals surface area contributed by atoms with E-state index in [2.05, 4.69) is 32.2 Å². The van der Waals surface area contributed by atoms with Crippen LogP contribution < -0.4 is 16.0 Å². The molecule has 0 aromatic carbocycles. The van der Waals surface area contributed by atoms with Crippen LogP contribution in [0.1, 0.15) is 30.3 Å². The quantitative estimate of drug-likeness (QED) is 0.881. The molecule has 1 amide bonds.